The van der Waals surface area contributed by atoms with Gasteiger partial charge in [-0.1, -0.05) is 20.3 Å². The molecule has 0 bridgehead atoms. The topological polar surface area (TPSA) is 79.9 Å². The minimum Gasteiger partial charge on any atom is -0.349 e. The molecule has 2 atom stereocenters. The van der Waals surface area contributed by atoms with Gasteiger partial charge in [-0.25, -0.2) is 0 Å². The molecule has 0 aliphatic carbocycles. The zero-order valence-corrected chi connectivity index (χ0v) is 14.3. The Morgan fingerprint density at radius 3 is 2.48 bits per heavy atom. The fourth-order valence-electron chi connectivity index (χ4n) is 3.16. The van der Waals surface area contributed by atoms with Crippen LogP contribution in [0.2, 0.25) is 0 Å². The number of rotatable bonds is 5. The molecule has 2 rings (SSSR count). The Bertz CT molecular complexity index is 410. The molecule has 2 saturated heterocycles. The van der Waals surface area contributed by atoms with Gasteiger partial charge in [0.1, 0.15) is 0 Å². The molecule has 7 nitrogen and oxygen atoms in total. The maximum atomic E-state index is 12.3. The van der Waals surface area contributed by atoms with Crippen molar-refractivity contribution in [3.05, 3.63) is 0 Å². The lowest BCUT2D eigenvalue weighted by Crippen LogP contribution is -2.57. The predicted octanol–water partition coefficient (Wildman–Crippen LogP) is 0.796. The van der Waals surface area contributed by atoms with Gasteiger partial charge in [0.15, 0.2) is 6.29 Å². The van der Waals surface area contributed by atoms with Gasteiger partial charge >= 0.3 is 0 Å². The van der Waals surface area contributed by atoms with Crippen LogP contribution in [0.1, 0.15) is 46.5 Å². The molecule has 0 aromatic heterocycles. The molecule has 0 saturated carbocycles. The third-order valence-corrected chi connectivity index (χ3v) is 4.35. The molecule has 0 spiro atoms. The normalized spacial score (nSPS) is 24.6. The van der Waals surface area contributed by atoms with Crippen LogP contribution in [0.3, 0.4) is 0 Å². The van der Waals surface area contributed by atoms with Crippen LogP contribution < -0.4 is 10.9 Å². The summed E-state index contributed by atoms with van der Waals surface area (Å²) >= 11 is 0. The van der Waals surface area contributed by atoms with Crippen molar-refractivity contribution in [1.82, 2.24) is 15.8 Å². The van der Waals surface area contributed by atoms with Crippen molar-refractivity contribution in [2.75, 3.05) is 19.8 Å². The summed E-state index contributed by atoms with van der Waals surface area (Å²) in [5.41, 5.74) is 5.02. The highest BCUT2D eigenvalue weighted by molar-refractivity contribution is 5.85. The maximum absolute atomic E-state index is 12.3. The Balaban J connectivity index is 1.87. The van der Waals surface area contributed by atoms with Crippen LogP contribution in [0.15, 0.2) is 0 Å². The highest BCUT2D eigenvalue weighted by atomic mass is 16.7. The summed E-state index contributed by atoms with van der Waals surface area (Å²) in [4.78, 5) is 26.1. The van der Waals surface area contributed by atoms with Gasteiger partial charge in [0, 0.05) is 6.42 Å². The van der Waals surface area contributed by atoms with Gasteiger partial charge in [0.2, 0.25) is 5.91 Å². The summed E-state index contributed by atoms with van der Waals surface area (Å²) in [7, 11) is 0. The summed E-state index contributed by atoms with van der Waals surface area (Å²) in [5.74, 6) is -0.113. The van der Waals surface area contributed by atoms with E-state index in [-0.39, 0.29) is 36.1 Å². The fourth-order valence-corrected chi connectivity index (χ4v) is 3.16. The van der Waals surface area contributed by atoms with E-state index in [2.05, 4.69) is 15.8 Å². The quantitative estimate of drug-likeness (QED) is 0.730. The minimum absolute atomic E-state index is 0.0957. The van der Waals surface area contributed by atoms with E-state index in [0.29, 0.717) is 19.6 Å². The number of hydrazine groups is 1. The maximum Gasteiger partial charge on any atom is 0.255 e. The second kappa shape index (κ2) is 8.61. The average Bonchev–Trinajstić information content (AvgIpc) is 3.05. The fraction of sp³-hybridized carbons (Fsp3) is 0.875. The minimum atomic E-state index is -0.340. The van der Waals surface area contributed by atoms with Gasteiger partial charge in [0.05, 0.1) is 25.3 Å². The molecule has 2 amide bonds. The molecule has 2 heterocycles. The van der Waals surface area contributed by atoms with Crippen LogP contribution in [0.5, 0.6) is 0 Å². The van der Waals surface area contributed by atoms with E-state index in [0.717, 1.165) is 25.8 Å². The molecule has 0 radical (unpaired) electrons. The average molecular weight is 327 g/mol. The highest BCUT2D eigenvalue weighted by Gasteiger charge is 2.37. The monoisotopic (exact) mass is 327 g/mol. The zero-order chi connectivity index (χ0) is 16.8. The first-order valence-corrected chi connectivity index (χ1v) is 8.56. The number of ether oxygens (including phenoxy) is 2. The van der Waals surface area contributed by atoms with Crippen LogP contribution in [0, 0.1) is 5.92 Å². The molecule has 0 unspecified atom stereocenters. The van der Waals surface area contributed by atoms with Gasteiger partial charge in [-0.15, -0.1) is 0 Å². The van der Waals surface area contributed by atoms with E-state index in [9.17, 15) is 9.59 Å². The Kier molecular flexibility index (Phi) is 6.80. The van der Waals surface area contributed by atoms with E-state index in [1.54, 1.807) is 0 Å². The lowest BCUT2D eigenvalue weighted by Gasteiger charge is -2.40. The standard InChI is InChI=1S/C16H29N3O4/c1-11(2)10-14(20)17-18-15(21)12(3)19-7-5-4-6-13(19)16-22-8-9-23-16/h11-13,16H,4-10H2,1-3H3,(H,17,20)(H,18,21)/t12-,13-/m0/s1. The Hall–Kier alpha value is -1.18. The Labute approximate surface area is 138 Å². The number of nitrogens with one attached hydrogen (secondary N) is 2. The van der Waals surface area contributed by atoms with Crippen molar-refractivity contribution in [2.24, 2.45) is 5.92 Å². The van der Waals surface area contributed by atoms with Gasteiger partial charge in [-0.3, -0.25) is 25.3 Å². The second-order valence-electron chi connectivity index (χ2n) is 6.72. The van der Waals surface area contributed by atoms with E-state index >= 15 is 0 Å². The van der Waals surface area contributed by atoms with Gasteiger partial charge in [-0.2, -0.15) is 0 Å². The molecule has 132 valence electrons. The molecular weight excluding hydrogens is 298 g/mol. The van der Waals surface area contributed by atoms with Crippen LogP contribution in [-0.4, -0.2) is 54.8 Å². The molecule has 0 aromatic rings. The summed E-state index contributed by atoms with van der Waals surface area (Å²) in [6.45, 7) is 7.84. The summed E-state index contributed by atoms with van der Waals surface area (Å²) in [5, 5.41) is 0. The van der Waals surface area contributed by atoms with E-state index in [4.69, 9.17) is 9.47 Å². The first-order chi connectivity index (χ1) is 11.0. The third-order valence-electron chi connectivity index (χ3n) is 4.35. The molecule has 0 aromatic carbocycles. The molecule has 2 fully saturated rings. The molecule has 2 aliphatic rings. The van der Waals surface area contributed by atoms with Crippen LogP contribution in [0.4, 0.5) is 0 Å². The third kappa shape index (κ3) is 5.16. The first kappa shape index (κ1) is 18.2. The Morgan fingerprint density at radius 2 is 1.83 bits per heavy atom. The number of hydrogen-bond acceptors (Lipinski definition) is 5. The van der Waals surface area contributed by atoms with Gasteiger partial charge in [0.25, 0.3) is 5.91 Å². The SMILES string of the molecule is CC(C)CC(=O)NNC(=O)[C@H](C)N1CCCC[C@H]1C1OCCO1. The Morgan fingerprint density at radius 1 is 1.13 bits per heavy atom. The first-order valence-electron chi connectivity index (χ1n) is 8.56. The molecular formula is C16H29N3O4. The molecule has 7 heteroatoms. The number of carbonyl (C=O) groups excluding carboxylic acids is 2. The van der Waals surface area contributed by atoms with Crippen molar-refractivity contribution < 1.29 is 19.1 Å². The number of nitrogens with zero attached hydrogens (tertiary/aromatic N) is 1. The smallest absolute Gasteiger partial charge is 0.255 e. The number of likely N-dealkylation sites (tertiary alicyclic amines) is 1. The summed E-state index contributed by atoms with van der Waals surface area (Å²) in [6, 6.07) is -0.245. The number of amides is 2. The van der Waals surface area contributed by atoms with Crippen molar-refractivity contribution in [2.45, 2.75) is 64.8 Å². The van der Waals surface area contributed by atoms with Gasteiger partial charge in [-0.05, 0) is 32.2 Å². The number of piperidine rings is 1. The molecule has 2 N–H and O–H groups in total. The number of carbonyl (C=O) groups is 2. The lowest BCUT2D eigenvalue weighted by atomic mass is 9.99. The van der Waals surface area contributed by atoms with Crippen LogP contribution >= 0.6 is 0 Å². The van der Waals surface area contributed by atoms with Gasteiger partial charge < -0.3 is 9.47 Å². The van der Waals surface area contributed by atoms with E-state index in [1.807, 2.05) is 20.8 Å². The predicted molar refractivity (Wildman–Crippen MR) is 85.2 cm³/mol. The largest absolute Gasteiger partial charge is 0.349 e. The summed E-state index contributed by atoms with van der Waals surface area (Å²) < 4.78 is 11.3. The van der Waals surface area contributed by atoms with Crippen molar-refractivity contribution in [1.29, 1.82) is 0 Å². The number of hydrogen-bond donors (Lipinski definition) is 2. The molecule has 2 aliphatic heterocycles. The molecule has 23 heavy (non-hydrogen) atoms. The summed E-state index contributed by atoms with van der Waals surface area (Å²) in [6.07, 6.45) is 3.28. The lowest BCUT2D eigenvalue weighted by molar-refractivity contribution is -0.141. The second-order valence-corrected chi connectivity index (χ2v) is 6.72. The van der Waals surface area contributed by atoms with Crippen molar-refractivity contribution in [3.8, 4) is 0 Å². The zero-order valence-electron chi connectivity index (χ0n) is 14.3. The van der Waals surface area contributed by atoms with Crippen molar-refractivity contribution in [3.63, 3.8) is 0 Å². The van der Waals surface area contributed by atoms with Crippen molar-refractivity contribution >= 4 is 11.8 Å². The van der Waals surface area contributed by atoms with E-state index < -0.39 is 0 Å². The van der Waals surface area contributed by atoms with Crippen LogP contribution in [0.25, 0.3) is 0 Å². The highest BCUT2D eigenvalue weighted by Crippen LogP contribution is 2.26. The van der Waals surface area contributed by atoms with E-state index in [1.165, 1.54) is 0 Å². The van der Waals surface area contributed by atoms with Crippen LogP contribution in [-0.2, 0) is 19.1 Å².